The Morgan fingerprint density at radius 1 is 1.47 bits per heavy atom. The number of amides is 1. The lowest BCUT2D eigenvalue weighted by atomic mass is 10.1. The van der Waals surface area contributed by atoms with Crippen LogP contribution in [0.25, 0.3) is 0 Å². The molecule has 1 atom stereocenters. The first-order valence-electron chi connectivity index (χ1n) is 5.82. The van der Waals surface area contributed by atoms with Gasteiger partial charge >= 0.3 is 0 Å². The largest absolute Gasteiger partial charge is 0.372 e. The van der Waals surface area contributed by atoms with Crippen molar-refractivity contribution in [3.05, 3.63) is 34.9 Å². The van der Waals surface area contributed by atoms with Crippen molar-refractivity contribution in [2.24, 2.45) is 0 Å². The van der Waals surface area contributed by atoms with Crippen molar-refractivity contribution in [1.82, 2.24) is 10.6 Å². The standard InChI is InChI=1S/C13H18N2O2/c1-9(17-2)13(16)15-6-10-3-4-11-7-14-8-12(11)5-10/h3-5,9,14H,6-8H2,1-2H3,(H,15,16). The summed E-state index contributed by atoms with van der Waals surface area (Å²) in [5.41, 5.74) is 3.81. The van der Waals surface area contributed by atoms with Crippen molar-refractivity contribution in [2.75, 3.05) is 7.11 Å². The van der Waals surface area contributed by atoms with Gasteiger partial charge in [0.2, 0.25) is 5.91 Å². The summed E-state index contributed by atoms with van der Waals surface area (Å²) in [4.78, 5) is 11.5. The zero-order valence-electron chi connectivity index (χ0n) is 10.2. The van der Waals surface area contributed by atoms with E-state index in [-0.39, 0.29) is 5.91 Å². The predicted molar refractivity (Wildman–Crippen MR) is 65.3 cm³/mol. The summed E-state index contributed by atoms with van der Waals surface area (Å²) in [6.45, 7) is 4.16. The predicted octanol–water partition coefficient (Wildman–Crippen LogP) is 0.941. The van der Waals surface area contributed by atoms with Crippen LogP contribution < -0.4 is 10.6 Å². The lowest BCUT2D eigenvalue weighted by molar-refractivity contribution is -0.130. The first-order chi connectivity index (χ1) is 8.20. The minimum atomic E-state index is -0.397. The van der Waals surface area contributed by atoms with Crippen molar-refractivity contribution in [2.45, 2.75) is 32.7 Å². The summed E-state index contributed by atoms with van der Waals surface area (Å²) in [6, 6.07) is 6.33. The second kappa shape index (κ2) is 5.29. The third-order valence-corrected chi connectivity index (χ3v) is 3.09. The molecule has 0 aromatic heterocycles. The molecule has 1 amide bonds. The van der Waals surface area contributed by atoms with Gasteiger partial charge in [-0.05, 0) is 23.6 Å². The van der Waals surface area contributed by atoms with Gasteiger partial charge in [0, 0.05) is 26.7 Å². The van der Waals surface area contributed by atoms with E-state index in [1.54, 1.807) is 6.92 Å². The molecule has 0 bridgehead atoms. The average Bonchev–Trinajstić information content (AvgIpc) is 2.82. The van der Waals surface area contributed by atoms with Gasteiger partial charge in [0.15, 0.2) is 0 Å². The van der Waals surface area contributed by atoms with Gasteiger partial charge in [0.25, 0.3) is 0 Å². The number of carbonyl (C=O) groups is 1. The van der Waals surface area contributed by atoms with Crippen LogP contribution >= 0.6 is 0 Å². The van der Waals surface area contributed by atoms with Gasteiger partial charge in [-0.3, -0.25) is 4.79 Å². The zero-order chi connectivity index (χ0) is 12.3. The molecule has 4 nitrogen and oxygen atoms in total. The summed E-state index contributed by atoms with van der Waals surface area (Å²) >= 11 is 0. The van der Waals surface area contributed by atoms with E-state index in [0.717, 1.165) is 18.7 Å². The topological polar surface area (TPSA) is 50.4 Å². The van der Waals surface area contributed by atoms with E-state index in [0.29, 0.717) is 6.54 Å². The van der Waals surface area contributed by atoms with Crippen molar-refractivity contribution in [3.8, 4) is 0 Å². The highest BCUT2D eigenvalue weighted by molar-refractivity contribution is 5.80. The van der Waals surface area contributed by atoms with Crippen LogP contribution in [0.2, 0.25) is 0 Å². The van der Waals surface area contributed by atoms with Gasteiger partial charge < -0.3 is 15.4 Å². The number of hydrogen-bond acceptors (Lipinski definition) is 3. The molecule has 0 radical (unpaired) electrons. The Hall–Kier alpha value is -1.39. The monoisotopic (exact) mass is 234 g/mol. The van der Waals surface area contributed by atoms with E-state index < -0.39 is 6.10 Å². The summed E-state index contributed by atoms with van der Waals surface area (Å²) in [5, 5.41) is 6.16. The molecule has 0 saturated heterocycles. The first-order valence-corrected chi connectivity index (χ1v) is 5.82. The second-order valence-electron chi connectivity index (χ2n) is 4.30. The number of hydrogen-bond donors (Lipinski definition) is 2. The van der Waals surface area contributed by atoms with E-state index in [9.17, 15) is 4.79 Å². The van der Waals surface area contributed by atoms with Gasteiger partial charge in [-0.1, -0.05) is 18.2 Å². The van der Waals surface area contributed by atoms with Crippen molar-refractivity contribution < 1.29 is 9.53 Å². The molecule has 1 unspecified atom stereocenters. The minimum Gasteiger partial charge on any atom is -0.372 e. The molecule has 0 fully saturated rings. The Bertz CT molecular complexity index is 418. The summed E-state index contributed by atoms with van der Waals surface area (Å²) in [7, 11) is 1.53. The maximum Gasteiger partial charge on any atom is 0.249 e. The molecule has 1 heterocycles. The van der Waals surface area contributed by atoms with Gasteiger partial charge in [-0.15, -0.1) is 0 Å². The molecule has 1 aromatic rings. The Morgan fingerprint density at radius 3 is 3.00 bits per heavy atom. The Balaban J connectivity index is 1.93. The third-order valence-electron chi connectivity index (χ3n) is 3.09. The van der Waals surface area contributed by atoms with E-state index in [1.165, 1.54) is 18.2 Å². The Labute approximate surface area is 101 Å². The SMILES string of the molecule is COC(C)C(=O)NCc1ccc2c(c1)CNC2. The maximum atomic E-state index is 11.5. The zero-order valence-corrected chi connectivity index (χ0v) is 10.2. The quantitative estimate of drug-likeness (QED) is 0.815. The number of ether oxygens (including phenoxy) is 1. The molecule has 1 aliphatic rings. The number of fused-ring (bicyclic) bond motifs is 1. The Morgan fingerprint density at radius 2 is 2.24 bits per heavy atom. The highest BCUT2D eigenvalue weighted by Crippen LogP contribution is 2.16. The number of methoxy groups -OCH3 is 1. The van der Waals surface area contributed by atoms with Gasteiger partial charge in [0.1, 0.15) is 6.10 Å². The third kappa shape index (κ3) is 2.84. The van der Waals surface area contributed by atoms with Crippen LogP contribution in [0.3, 0.4) is 0 Å². The summed E-state index contributed by atoms with van der Waals surface area (Å²) in [6.07, 6.45) is -0.397. The fourth-order valence-corrected chi connectivity index (χ4v) is 1.90. The molecule has 0 aliphatic carbocycles. The fraction of sp³-hybridized carbons (Fsp3) is 0.462. The van der Waals surface area contributed by atoms with Gasteiger partial charge in [-0.2, -0.15) is 0 Å². The molecule has 1 aromatic carbocycles. The van der Waals surface area contributed by atoms with Crippen molar-refractivity contribution in [3.63, 3.8) is 0 Å². The highest BCUT2D eigenvalue weighted by Gasteiger charge is 2.12. The molecule has 4 heteroatoms. The number of carbonyl (C=O) groups excluding carboxylic acids is 1. The molecule has 0 saturated carbocycles. The van der Waals surface area contributed by atoms with Crippen LogP contribution in [0, 0.1) is 0 Å². The van der Waals surface area contributed by atoms with E-state index >= 15 is 0 Å². The fourth-order valence-electron chi connectivity index (χ4n) is 1.90. The van der Waals surface area contributed by atoms with E-state index in [4.69, 9.17) is 4.74 Å². The average molecular weight is 234 g/mol. The van der Waals surface area contributed by atoms with Gasteiger partial charge in [-0.25, -0.2) is 0 Å². The molecule has 1 aliphatic heterocycles. The molecule has 0 spiro atoms. The van der Waals surface area contributed by atoms with Crippen LogP contribution in [-0.2, 0) is 29.2 Å². The van der Waals surface area contributed by atoms with E-state index in [2.05, 4.69) is 28.8 Å². The first kappa shape index (κ1) is 12.1. The van der Waals surface area contributed by atoms with Crippen LogP contribution in [0.4, 0.5) is 0 Å². The van der Waals surface area contributed by atoms with Crippen LogP contribution in [-0.4, -0.2) is 19.1 Å². The van der Waals surface area contributed by atoms with E-state index in [1.807, 2.05) is 0 Å². The number of rotatable bonds is 4. The molecular weight excluding hydrogens is 216 g/mol. The Kier molecular flexibility index (Phi) is 3.76. The smallest absolute Gasteiger partial charge is 0.249 e. The summed E-state index contributed by atoms with van der Waals surface area (Å²) in [5.74, 6) is -0.0777. The van der Waals surface area contributed by atoms with Crippen LogP contribution in [0.5, 0.6) is 0 Å². The summed E-state index contributed by atoms with van der Waals surface area (Å²) < 4.78 is 4.95. The lowest BCUT2D eigenvalue weighted by Crippen LogP contribution is -2.33. The maximum absolute atomic E-state index is 11.5. The van der Waals surface area contributed by atoms with Crippen LogP contribution in [0.15, 0.2) is 18.2 Å². The normalized spacial score (nSPS) is 15.4. The molecular formula is C13H18N2O2. The molecule has 2 rings (SSSR count). The molecule has 17 heavy (non-hydrogen) atoms. The minimum absolute atomic E-state index is 0.0777. The second-order valence-corrected chi connectivity index (χ2v) is 4.30. The number of nitrogens with one attached hydrogen (secondary N) is 2. The van der Waals surface area contributed by atoms with Crippen molar-refractivity contribution in [1.29, 1.82) is 0 Å². The molecule has 2 N–H and O–H groups in total. The molecule has 92 valence electrons. The van der Waals surface area contributed by atoms with Gasteiger partial charge in [0.05, 0.1) is 0 Å². The number of benzene rings is 1. The highest BCUT2D eigenvalue weighted by atomic mass is 16.5. The van der Waals surface area contributed by atoms with Crippen molar-refractivity contribution >= 4 is 5.91 Å². The van der Waals surface area contributed by atoms with Crippen LogP contribution in [0.1, 0.15) is 23.6 Å². The lowest BCUT2D eigenvalue weighted by Gasteiger charge is -2.11.